The fourth-order valence-electron chi connectivity index (χ4n) is 4.77. The van der Waals surface area contributed by atoms with Crippen molar-refractivity contribution in [1.29, 1.82) is 0 Å². The van der Waals surface area contributed by atoms with Crippen LogP contribution in [0.5, 0.6) is 0 Å². The summed E-state index contributed by atoms with van der Waals surface area (Å²) in [4.78, 5) is 19.9. The summed E-state index contributed by atoms with van der Waals surface area (Å²) in [5.74, 6) is -0.299. The summed E-state index contributed by atoms with van der Waals surface area (Å²) in [6, 6.07) is 10.5. The van der Waals surface area contributed by atoms with Crippen molar-refractivity contribution in [2.24, 2.45) is 11.7 Å². The zero-order chi connectivity index (χ0) is 25.3. The number of hydrogen-bond donors (Lipinski definition) is 2. The van der Waals surface area contributed by atoms with Crippen molar-refractivity contribution in [3.63, 3.8) is 0 Å². The van der Waals surface area contributed by atoms with Gasteiger partial charge in [0.05, 0.1) is 11.2 Å². The van der Waals surface area contributed by atoms with Crippen molar-refractivity contribution in [2.75, 3.05) is 35.8 Å². The highest BCUT2D eigenvalue weighted by Crippen LogP contribution is 2.40. The highest BCUT2D eigenvalue weighted by molar-refractivity contribution is 5.93. The Kier molecular flexibility index (Phi) is 6.82. The van der Waals surface area contributed by atoms with Gasteiger partial charge in [0, 0.05) is 49.9 Å². The van der Waals surface area contributed by atoms with Crippen LogP contribution < -0.4 is 20.9 Å². The number of primary amides is 1. The highest BCUT2D eigenvalue weighted by Gasteiger charge is 2.41. The predicted octanol–water partition coefficient (Wildman–Crippen LogP) is 5.78. The third kappa shape index (κ3) is 5.47. The molecule has 188 valence electrons. The molecule has 0 spiro atoms. The number of nitrogens with zero attached hydrogens (tertiary/aromatic N) is 3. The number of pyridine rings is 1. The lowest BCUT2D eigenvalue weighted by Gasteiger charge is -2.32. The number of urea groups is 1. The van der Waals surface area contributed by atoms with Crippen LogP contribution in [0.4, 0.5) is 35.2 Å². The van der Waals surface area contributed by atoms with Crippen LogP contribution in [0.3, 0.4) is 0 Å². The van der Waals surface area contributed by atoms with Gasteiger partial charge >= 0.3 is 12.2 Å². The molecule has 1 aliphatic rings. The van der Waals surface area contributed by atoms with Crippen LogP contribution in [0, 0.1) is 12.8 Å². The normalized spacial score (nSPS) is 18.5. The summed E-state index contributed by atoms with van der Waals surface area (Å²) >= 11 is 0. The lowest BCUT2D eigenvalue weighted by Crippen LogP contribution is -2.41. The van der Waals surface area contributed by atoms with Gasteiger partial charge in [0.2, 0.25) is 5.76 Å². The Hall–Kier alpha value is -3.43. The number of rotatable bonds is 6. The van der Waals surface area contributed by atoms with Crippen LogP contribution >= 0.6 is 0 Å². The van der Waals surface area contributed by atoms with Gasteiger partial charge in [0.15, 0.2) is 0 Å². The number of furan rings is 1. The molecule has 35 heavy (non-hydrogen) atoms. The van der Waals surface area contributed by atoms with Crippen LogP contribution in [-0.4, -0.2) is 37.7 Å². The standard InChI is InChI=1S/C25H30F3N5O2/c1-15-12-21(23(35-15)25(26,27)28)33(24(29)34)14-16-8-10-17(11-9-16)30-22-13-20(32(2)3)18-6-4-5-7-19(18)31-22/h4-7,12-13,16-17H,8-11,14H2,1-3H3,(H2,29,34)(H,30,31)/t16-,17+. The van der Waals surface area contributed by atoms with E-state index < -0.39 is 18.0 Å². The van der Waals surface area contributed by atoms with Crippen molar-refractivity contribution >= 4 is 34.1 Å². The van der Waals surface area contributed by atoms with Crippen LogP contribution in [0.15, 0.2) is 40.8 Å². The molecule has 1 saturated carbocycles. The minimum absolute atomic E-state index is 0.0266. The topological polar surface area (TPSA) is 87.6 Å². The smallest absolute Gasteiger partial charge is 0.451 e. The van der Waals surface area contributed by atoms with Crippen molar-refractivity contribution in [3.8, 4) is 0 Å². The number of hydrogen-bond acceptors (Lipinski definition) is 5. The quantitative estimate of drug-likeness (QED) is 0.459. The molecule has 0 unspecified atom stereocenters. The second kappa shape index (κ2) is 9.67. The van der Waals surface area contributed by atoms with Gasteiger partial charge in [0.25, 0.3) is 0 Å². The number of halogens is 3. The SMILES string of the molecule is Cc1cc(N(C[C@H]2CC[C@@H](Nc3cc(N(C)C)c4ccccc4n3)CC2)C(N)=O)c(C(F)(F)F)o1. The van der Waals surface area contributed by atoms with Gasteiger partial charge in [-0.2, -0.15) is 13.2 Å². The van der Waals surface area contributed by atoms with E-state index >= 15 is 0 Å². The van der Waals surface area contributed by atoms with Gasteiger partial charge in [-0.05, 0) is 44.6 Å². The second-order valence-electron chi connectivity index (χ2n) is 9.32. The van der Waals surface area contributed by atoms with Crippen LogP contribution in [-0.2, 0) is 6.18 Å². The second-order valence-corrected chi connectivity index (χ2v) is 9.32. The molecule has 2 heterocycles. The zero-order valence-electron chi connectivity index (χ0n) is 20.0. The zero-order valence-corrected chi connectivity index (χ0v) is 20.0. The Morgan fingerprint density at radius 3 is 2.46 bits per heavy atom. The van der Waals surface area contributed by atoms with E-state index in [1.807, 2.05) is 44.4 Å². The lowest BCUT2D eigenvalue weighted by molar-refractivity contribution is -0.152. The highest BCUT2D eigenvalue weighted by atomic mass is 19.4. The minimum Gasteiger partial charge on any atom is -0.455 e. The van der Waals surface area contributed by atoms with Crippen molar-refractivity contribution in [3.05, 3.63) is 47.9 Å². The first-order chi connectivity index (χ1) is 16.5. The molecule has 0 radical (unpaired) electrons. The Morgan fingerprint density at radius 1 is 1.14 bits per heavy atom. The number of nitrogens with one attached hydrogen (secondary N) is 1. The van der Waals surface area contributed by atoms with E-state index in [0.29, 0.717) is 0 Å². The van der Waals surface area contributed by atoms with Crippen molar-refractivity contribution in [2.45, 2.75) is 44.8 Å². The Labute approximate surface area is 202 Å². The molecule has 10 heteroatoms. The van der Waals surface area contributed by atoms with E-state index in [1.165, 1.54) is 13.0 Å². The molecule has 4 rings (SSSR count). The summed E-state index contributed by atoms with van der Waals surface area (Å²) in [6.07, 6.45) is -1.61. The lowest BCUT2D eigenvalue weighted by atomic mass is 9.85. The van der Waals surface area contributed by atoms with E-state index in [-0.39, 0.29) is 30.0 Å². The fraction of sp³-hybridized carbons (Fsp3) is 0.440. The summed E-state index contributed by atoms with van der Waals surface area (Å²) in [7, 11) is 3.99. The number of fused-ring (bicyclic) bond motifs is 1. The molecule has 2 amide bonds. The molecule has 3 aromatic rings. The monoisotopic (exact) mass is 489 g/mol. The average molecular weight is 490 g/mol. The van der Waals surface area contributed by atoms with E-state index in [0.717, 1.165) is 53.0 Å². The molecule has 0 aliphatic heterocycles. The number of amides is 2. The van der Waals surface area contributed by atoms with E-state index in [9.17, 15) is 18.0 Å². The molecule has 1 fully saturated rings. The summed E-state index contributed by atoms with van der Waals surface area (Å²) in [6.45, 7) is 1.53. The molecule has 1 aliphatic carbocycles. The van der Waals surface area contributed by atoms with Gasteiger partial charge in [-0.1, -0.05) is 18.2 Å². The van der Waals surface area contributed by atoms with E-state index in [2.05, 4.69) is 10.2 Å². The summed E-state index contributed by atoms with van der Waals surface area (Å²) in [5.41, 5.74) is 7.13. The number of anilines is 3. The molecule has 2 aromatic heterocycles. The average Bonchev–Trinajstić information content (AvgIpc) is 3.19. The number of nitrogens with two attached hydrogens (primary N) is 1. The third-order valence-electron chi connectivity index (χ3n) is 6.47. The van der Waals surface area contributed by atoms with Gasteiger partial charge in [0.1, 0.15) is 11.6 Å². The van der Waals surface area contributed by atoms with Gasteiger partial charge in [-0.3, -0.25) is 4.90 Å². The largest absolute Gasteiger partial charge is 0.455 e. The maximum atomic E-state index is 13.4. The maximum Gasteiger partial charge on any atom is 0.451 e. The van der Waals surface area contributed by atoms with Crippen molar-refractivity contribution < 1.29 is 22.4 Å². The van der Waals surface area contributed by atoms with Crippen LogP contribution in [0.2, 0.25) is 0 Å². The summed E-state index contributed by atoms with van der Waals surface area (Å²) < 4.78 is 45.1. The third-order valence-corrected chi connectivity index (χ3v) is 6.47. The number of benzene rings is 1. The van der Waals surface area contributed by atoms with Gasteiger partial charge < -0.3 is 20.4 Å². The maximum absolute atomic E-state index is 13.4. The molecular weight excluding hydrogens is 459 g/mol. The first-order valence-electron chi connectivity index (χ1n) is 11.6. The molecule has 7 nitrogen and oxygen atoms in total. The number of aromatic nitrogens is 1. The minimum atomic E-state index is -4.71. The molecule has 0 saturated heterocycles. The summed E-state index contributed by atoms with van der Waals surface area (Å²) in [5, 5.41) is 4.60. The molecule has 0 bridgehead atoms. The van der Waals surface area contributed by atoms with E-state index in [1.54, 1.807) is 0 Å². The Balaban J connectivity index is 1.43. The number of carbonyl (C=O) groups is 1. The van der Waals surface area contributed by atoms with Gasteiger partial charge in [-0.25, -0.2) is 9.78 Å². The predicted molar refractivity (Wildman–Crippen MR) is 131 cm³/mol. The number of alkyl halides is 3. The van der Waals surface area contributed by atoms with Crippen molar-refractivity contribution in [1.82, 2.24) is 4.98 Å². The molecule has 1 aromatic carbocycles. The number of para-hydroxylation sites is 1. The van der Waals surface area contributed by atoms with Gasteiger partial charge in [-0.15, -0.1) is 0 Å². The molecule has 3 N–H and O–H groups in total. The number of aryl methyl sites for hydroxylation is 1. The molecular formula is C25H30F3N5O2. The fourth-order valence-corrected chi connectivity index (χ4v) is 4.77. The Morgan fingerprint density at radius 2 is 1.83 bits per heavy atom. The first kappa shape index (κ1) is 24.7. The molecule has 0 atom stereocenters. The number of carbonyl (C=O) groups excluding carboxylic acids is 1. The Bertz CT molecular complexity index is 1200. The first-order valence-corrected chi connectivity index (χ1v) is 11.6. The van der Waals surface area contributed by atoms with Crippen LogP contribution in [0.1, 0.15) is 37.2 Å². The van der Waals surface area contributed by atoms with E-state index in [4.69, 9.17) is 15.1 Å². The van der Waals surface area contributed by atoms with Crippen LogP contribution in [0.25, 0.3) is 10.9 Å².